The molecule has 3 heterocycles. The first-order valence-corrected chi connectivity index (χ1v) is 13.8. The summed E-state index contributed by atoms with van der Waals surface area (Å²) < 4.78 is 24.1. The molecule has 10 nitrogen and oxygen atoms in total. The molecule has 0 unspecified atom stereocenters. The van der Waals surface area contributed by atoms with Gasteiger partial charge in [0.2, 0.25) is 15.9 Å². The van der Waals surface area contributed by atoms with E-state index in [2.05, 4.69) is 20.6 Å². The van der Waals surface area contributed by atoms with Gasteiger partial charge in [0.25, 0.3) is 5.56 Å². The van der Waals surface area contributed by atoms with E-state index < -0.39 is 10.0 Å². The first-order chi connectivity index (χ1) is 18.2. The van der Waals surface area contributed by atoms with E-state index in [-0.39, 0.29) is 22.0 Å². The number of hydrogen-bond acceptors (Lipinski definition) is 7. The quantitative estimate of drug-likeness (QED) is 0.295. The number of anilines is 4. The fraction of sp³-hybridized carbons (Fsp3) is 0.222. The minimum atomic E-state index is -3.96. The molecule has 0 spiro atoms. The van der Waals surface area contributed by atoms with Crippen LogP contribution in [0.3, 0.4) is 0 Å². The molecule has 0 atom stereocenters. The Morgan fingerprint density at radius 2 is 1.76 bits per heavy atom. The summed E-state index contributed by atoms with van der Waals surface area (Å²) in [5.74, 6) is 1.16. The largest absolute Gasteiger partial charge is 0.343 e. The minimum absolute atomic E-state index is 0.0629. The van der Waals surface area contributed by atoms with E-state index in [1.807, 2.05) is 29.2 Å². The highest BCUT2D eigenvalue weighted by Crippen LogP contribution is 2.31. The number of piperidine rings is 1. The van der Waals surface area contributed by atoms with Gasteiger partial charge >= 0.3 is 0 Å². The van der Waals surface area contributed by atoms with Crippen molar-refractivity contribution >= 4 is 49.7 Å². The Kier molecular flexibility index (Phi) is 6.87. The van der Waals surface area contributed by atoms with Crippen LogP contribution in [0.5, 0.6) is 0 Å². The molecule has 38 heavy (non-hydrogen) atoms. The fourth-order valence-corrected chi connectivity index (χ4v) is 5.52. The number of amides is 1. The van der Waals surface area contributed by atoms with Crippen molar-refractivity contribution in [3.05, 3.63) is 82.8 Å². The molecule has 5 N–H and O–H groups in total. The van der Waals surface area contributed by atoms with Gasteiger partial charge in [0, 0.05) is 31.9 Å². The van der Waals surface area contributed by atoms with Crippen LogP contribution in [0.4, 0.5) is 23.0 Å². The standard InChI is InChI=1S/C27H28N6O4S/c1-17(34)33-14-11-19(12-15-33)18-6-8-21(9-7-18)30-26-25-20(10-13-29-27(25)35)16-24(32-26)31-22-4-2-3-5-23(22)38(28,36)37/h2-10,13,16,19H,11-12,14-15H2,1H3,(H,29,35)(H2,28,36,37)(H2,30,31,32). The number of H-pyrrole nitrogens is 1. The number of carbonyl (C=O) groups excluding carboxylic acids is 1. The van der Waals surface area contributed by atoms with Gasteiger partial charge in [0.05, 0.1) is 11.1 Å². The average Bonchev–Trinajstić information content (AvgIpc) is 2.89. The molecule has 0 radical (unpaired) electrons. The molecule has 1 saturated heterocycles. The highest BCUT2D eigenvalue weighted by molar-refractivity contribution is 7.89. The number of sulfonamides is 1. The van der Waals surface area contributed by atoms with Crippen LogP contribution in [-0.2, 0) is 14.8 Å². The van der Waals surface area contributed by atoms with E-state index in [1.54, 1.807) is 43.5 Å². The molecular formula is C27H28N6O4S. The molecule has 1 amide bonds. The number of likely N-dealkylation sites (tertiary alicyclic amines) is 1. The molecular weight excluding hydrogens is 504 g/mol. The Labute approximate surface area is 219 Å². The number of pyridine rings is 2. The predicted molar refractivity (Wildman–Crippen MR) is 147 cm³/mol. The van der Waals surface area contributed by atoms with Crippen LogP contribution in [-0.4, -0.2) is 42.3 Å². The summed E-state index contributed by atoms with van der Waals surface area (Å²) in [7, 11) is -3.96. The summed E-state index contributed by atoms with van der Waals surface area (Å²) in [6, 6.07) is 17.7. The summed E-state index contributed by atoms with van der Waals surface area (Å²) in [4.78, 5) is 33.4. The predicted octanol–water partition coefficient (Wildman–Crippen LogP) is 3.78. The minimum Gasteiger partial charge on any atom is -0.343 e. The highest BCUT2D eigenvalue weighted by Gasteiger charge is 2.22. The van der Waals surface area contributed by atoms with Crippen molar-refractivity contribution in [2.24, 2.45) is 5.14 Å². The van der Waals surface area contributed by atoms with Crippen molar-refractivity contribution in [2.45, 2.75) is 30.6 Å². The molecule has 1 aliphatic heterocycles. The average molecular weight is 533 g/mol. The van der Waals surface area contributed by atoms with Crippen LogP contribution in [0.1, 0.15) is 31.2 Å². The molecule has 4 aromatic rings. The maximum atomic E-state index is 12.7. The van der Waals surface area contributed by atoms with E-state index in [4.69, 9.17) is 5.14 Å². The van der Waals surface area contributed by atoms with Gasteiger partial charge in [-0.25, -0.2) is 18.5 Å². The summed E-state index contributed by atoms with van der Waals surface area (Å²) >= 11 is 0. The zero-order valence-electron chi connectivity index (χ0n) is 20.8. The van der Waals surface area contributed by atoms with Crippen molar-refractivity contribution in [3.63, 3.8) is 0 Å². The zero-order valence-corrected chi connectivity index (χ0v) is 21.6. The number of rotatable bonds is 6. The lowest BCUT2D eigenvalue weighted by Crippen LogP contribution is -2.36. The highest BCUT2D eigenvalue weighted by atomic mass is 32.2. The van der Waals surface area contributed by atoms with E-state index >= 15 is 0 Å². The second-order valence-corrected chi connectivity index (χ2v) is 10.9. The van der Waals surface area contributed by atoms with Crippen molar-refractivity contribution < 1.29 is 13.2 Å². The van der Waals surface area contributed by atoms with Gasteiger partial charge in [0.15, 0.2) is 0 Å². The maximum absolute atomic E-state index is 12.7. The van der Waals surface area contributed by atoms with Gasteiger partial charge < -0.3 is 20.5 Å². The second kappa shape index (κ2) is 10.3. The molecule has 0 aliphatic carbocycles. The lowest BCUT2D eigenvalue weighted by molar-refractivity contribution is -0.129. The number of benzene rings is 2. The number of primary sulfonamides is 1. The number of nitrogens with two attached hydrogens (primary N) is 1. The first kappa shape index (κ1) is 25.4. The van der Waals surface area contributed by atoms with Gasteiger partial charge in [-0.1, -0.05) is 24.3 Å². The Morgan fingerprint density at radius 3 is 2.45 bits per heavy atom. The van der Waals surface area contributed by atoms with Crippen LogP contribution in [0.2, 0.25) is 0 Å². The normalized spacial score (nSPS) is 14.4. The van der Waals surface area contributed by atoms with Crippen LogP contribution in [0.15, 0.2) is 76.6 Å². The third-order valence-corrected chi connectivity index (χ3v) is 7.76. The Bertz CT molecular complexity index is 1660. The number of nitrogens with zero attached hydrogens (tertiary/aromatic N) is 2. The van der Waals surface area contributed by atoms with E-state index in [1.165, 1.54) is 11.6 Å². The number of fused-ring (bicyclic) bond motifs is 1. The molecule has 2 aromatic heterocycles. The third-order valence-electron chi connectivity index (χ3n) is 6.80. The Morgan fingerprint density at radius 1 is 1.05 bits per heavy atom. The van der Waals surface area contributed by atoms with Crippen molar-refractivity contribution in [3.8, 4) is 0 Å². The SMILES string of the molecule is CC(=O)N1CCC(c2ccc(Nc3nc(Nc4ccccc4S(N)(=O)=O)cc4cc[nH]c(=O)c34)cc2)CC1. The number of hydrogen-bond donors (Lipinski definition) is 4. The van der Waals surface area contributed by atoms with Gasteiger partial charge in [0.1, 0.15) is 16.5 Å². The van der Waals surface area contributed by atoms with Crippen LogP contribution in [0.25, 0.3) is 10.8 Å². The summed E-state index contributed by atoms with van der Waals surface area (Å²) in [6.45, 7) is 3.12. The molecule has 0 bridgehead atoms. The fourth-order valence-electron chi connectivity index (χ4n) is 4.83. The van der Waals surface area contributed by atoms with Gasteiger partial charge in [-0.05, 0) is 66.1 Å². The molecule has 1 aliphatic rings. The number of aromatic nitrogens is 2. The van der Waals surface area contributed by atoms with E-state index in [9.17, 15) is 18.0 Å². The third kappa shape index (κ3) is 5.38. The van der Waals surface area contributed by atoms with Crippen LogP contribution < -0.4 is 21.3 Å². The molecule has 2 aromatic carbocycles. The monoisotopic (exact) mass is 532 g/mol. The maximum Gasteiger partial charge on any atom is 0.259 e. The number of carbonyl (C=O) groups is 1. The van der Waals surface area contributed by atoms with Crippen LogP contribution in [0, 0.1) is 0 Å². The second-order valence-electron chi connectivity index (χ2n) is 9.32. The van der Waals surface area contributed by atoms with Crippen molar-refractivity contribution in [1.29, 1.82) is 0 Å². The van der Waals surface area contributed by atoms with Crippen LogP contribution >= 0.6 is 0 Å². The molecule has 0 saturated carbocycles. The molecule has 1 fully saturated rings. The number of para-hydroxylation sites is 1. The Hall–Kier alpha value is -4.22. The summed E-state index contributed by atoms with van der Waals surface area (Å²) in [5.41, 5.74) is 1.92. The van der Waals surface area contributed by atoms with Gasteiger partial charge in [-0.15, -0.1) is 0 Å². The van der Waals surface area contributed by atoms with E-state index in [0.29, 0.717) is 28.3 Å². The number of nitrogens with one attached hydrogen (secondary N) is 3. The van der Waals surface area contributed by atoms with E-state index in [0.717, 1.165) is 31.6 Å². The summed E-state index contributed by atoms with van der Waals surface area (Å²) in [5, 5.41) is 12.6. The topological polar surface area (TPSA) is 150 Å². The molecule has 5 rings (SSSR count). The summed E-state index contributed by atoms with van der Waals surface area (Å²) in [6.07, 6.45) is 3.38. The molecule has 11 heteroatoms. The lowest BCUT2D eigenvalue weighted by atomic mass is 9.89. The Balaban J connectivity index is 1.44. The van der Waals surface area contributed by atoms with Gasteiger partial charge in [-0.2, -0.15) is 0 Å². The lowest BCUT2D eigenvalue weighted by Gasteiger charge is -2.31. The van der Waals surface area contributed by atoms with Crippen molar-refractivity contribution in [2.75, 3.05) is 23.7 Å². The van der Waals surface area contributed by atoms with Crippen molar-refractivity contribution in [1.82, 2.24) is 14.9 Å². The zero-order chi connectivity index (χ0) is 26.9. The molecule has 196 valence electrons. The van der Waals surface area contributed by atoms with Gasteiger partial charge in [-0.3, -0.25) is 9.59 Å². The smallest absolute Gasteiger partial charge is 0.259 e. The first-order valence-electron chi connectivity index (χ1n) is 12.2. The number of aromatic amines is 1.